The summed E-state index contributed by atoms with van der Waals surface area (Å²) in [6.45, 7) is 2.00. The van der Waals surface area contributed by atoms with Gasteiger partial charge in [-0.05, 0) is 47.0 Å². The van der Waals surface area contributed by atoms with Crippen LogP contribution < -0.4 is 0 Å². The molecule has 0 bridgehead atoms. The molecule has 1 atom stereocenters. The van der Waals surface area contributed by atoms with Crippen molar-refractivity contribution >= 4 is 23.1 Å². The van der Waals surface area contributed by atoms with Crippen LogP contribution in [0.2, 0.25) is 0 Å². The molecule has 3 rings (SSSR count). The van der Waals surface area contributed by atoms with Gasteiger partial charge in [0.1, 0.15) is 0 Å². The second kappa shape index (κ2) is 7.56. The topological polar surface area (TPSA) is 12.4 Å². The Kier molecular flexibility index (Phi) is 5.21. The van der Waals surface area contributed by atoms with Crippen molar-refractivity contribution in [2.45, 2.75) is 19.1 Å². The van der Waals surface area contributed by atoms with Crippen LogP contribution in [0.25, 0.3) is 16.8 Å². The molecule has 4 heteroatoms. The zero-order valence-electron chi connectivity index (χ0n) is 14.2. The fraction of sp³-hybridized carbons (Fsp3) is 0.136. The Morgan fingerprint density at radius 3 is 2.46 bits per heavy atom. The summed E-state index contributed by atoms with van der Waals surface area (Å²) >= 11 is 0. The van der Waals surface area contributed by atoms with Crippen molar-refractivity contribution in [2.24, 2.45) is 4.99 Å². The Morgan fingerprint density at radius 1 is 0.923 bits per heavy atom. The number of aliphatic imine (C=N–C) groups is 1. The summed E-state index contributed by atoms with van der Waals surface area (Å²) in [6.07, 6.45) is 0.583. The van der Waals surface area contributed by atoms with Crippen molar-refractivity contribution in [1.29, 1.82) is 0 Å². The van der Waals surface area contributed by atoms with E-state index in [0.29, 0.717) is 5.56 Å². The van der Waals surface area contributed by atoms with Gasteiger partial charge in [0, 0.05) is 6.21 Å². The van der Waals surface area contributed by atoms with Gasteiger partial charge in [-0.2, -0.15) is 13.2 Å². The minimum absolute atomic E-state index is 0.0488. The van der Waals surface area contributed by atoms with Gasteiger partial charge >= 0.3 is 6.18 Å². The highest BCUT2D eigenvalue weighted by atomic mass is 19.4. The van der Waals surface area contributed by atoms with Crippen molar-refractivity contribution < 1.29 is 13.2 Å². The van der Waals surface area contributed by atoms with Crippen LogP contribution in [0.1, 0.15) is 29.7 Å². The average molecular weight is 353 g/mol. The van der Waals surface area contributed by atoms with Gasteiger partial charge in [-0.1, -0.05) is 60.7 Å². The molecule has 0 aliphatic rings. The summed E-state index contributed by atoms with van der Waals surface area (Å²) in [5.41, 5.74) is 0.955. The summed E-state index contributed by atoms with van der Waals surface area (Å²) in [5, 5.41) is 2.31. The first-order valence-electron chi connectivity index (χ1n) is 8.30. The summed E-state index contributed by atoms with van der Waals surface area (Å²) in [4.78, 5) is 4.50. The van der Waals surface area contributed by atoms with Crippen LogP contribution in [0.5, 0.6) is 0 Å². The molecule has 3 aromatic rings. The summed E-state index contributed by atoms with van der Waals surface area (Å²) in [5.74, 6) is 0. The first kappa shape index (κ1) is 17.9. The molecule has 0 aromatic heterocycles. The number of nitrogens with zero attached hydrogens (tertiary/aromatic N) is 1. The second-order valence-corrected chi connectivity index (χ2v) is 6.02. The van der Waals surface area contributed by atoms with Crippen molar-refractivity contribution in [2.75, 3.05) is 0 Å². The Hall–Kier alpha value is -2.88. The molecule has 0 radical (unpaired) electrons. The van der Waals surface area contributed by atoms with E-state index < -0.39 is 11.7 Å². The molecule has 3 aromatic carbocycles. The standard InChI is InChI=1S/C22H18F3N/c1-16(20-13-5-10-18-9-2-3-12-21(18)20)26-14-6-8-17-7-4-11-19(15-17)22(23,24)25/h2-16H,1H3/b8-6+,26-14?. The lowest BCUT2D eigenvalue weighted by molar-refractivity contribution is -0.137. The molecule has 0 aliphatic heterocycles. The molecule has 0 fully saturated rings. The van der Waals surface area contributed by atoms with Gasteiger partial charge in [0.2, 0.25) is 0 Å². The molecular weight excluding hydrogens is 335 g/mol. The lowest BCUT2D eigenvalue weighted by Gasteiger charge is -2.10. The highest BCUT2D eigenvalue weighted by molar-refractivity contribution is 5.86. The van der Waals surface area contributed by atoms with E-state index in [1.807, 2.05) is 31.2 Å². The number of hydrogen-bond acceptors (Lipinski definition) is 1. The number of rotatable bonds is 4. The molecule has 0 saturated heterocycles. The molecule has 1 unspecified atom stereocenters. The average Bonchev–Trinajstić information content (AvgIpc) is 2.64. The molecule has 0 aliphatic carbocycles. The number of hydrogen-bond donors (Lipinski definition) is 0. The van der Waals surface area contributed by atoms with Crippen molar-refractivity contribution in [3.05, 3.63) is 89.5 Å². The molecule has 0 N–H and O–H groups in total. The van der Waals surface area contributed by atoms with Gasteiger partial charge in [-0.3, -0.25) is 4.99 Å². The minimum Gasteiger partial charge on any atom is -0.285 e. The van der Waals surface area contributed by atoms with E-state index in [-0.39, 0.29) is 6.04 Å². The minimum atomic E-state index is -4.33. The SMILES string of the molecule is CC(N=C/C=C/c1cccc(C(F)(F)F)c1)c1cccc2ccccc12. The maximum absolute atomic E-state index is 12.7. The third-order valence-corrected chi connectivity index (χ3v) is 4.17. The Morgan fingerprint density at radius 2 is 1.65 bits per heavy atom. The fourth-order valence-corrected chi connectivity index (χ4v) is 2.85. The van der Waals surface area contributed by atoms with Gasteiger partial charge in [0.05, 0.1) is 11.6 Å². The molecule has 0 spiro atoms. The third kappa shape index (κ3) is 4.20. The van der Waals surface area contributed by atoms with Crippen molar-refractivity contribution in [3.8, 4) is 0 Å². The molecule has 1 nitrogen and oxygen atoms in total. The van der Waals surface area contributed by atoms with Crippen LogP contribution in [0.15, 0.2) is 77.8 Å². The van der Waals surface area contributed by atoms with Crippen molar-refractivity contribution in [1.82, 2.24) is 0 Å². The van der Waals surface area contributed by atoms with Crippen LogP contribution in [-0.2, 0) is 6.18 Å². The van der Waals surface area contributed by atoms with E-state index in [1.165, 1.54) is 6.07 Å². The molecule has 26 heavy (non-hydrogen) atoms. The van der Waals surface area contributed by atoms with Crippen molar-refractivity contribution in [3.63, 3.8) is 0 Å². The lowest BCUT2D eigenvalue weighted by Crippen LogP contribution is -2.04. The van der Waals surface area contributed by atoms with Gasteiger partial charge in [-0.25, -0.2) is 0 Å². The van der Waals surface area contributed by atoms with E-state index in [2.05, 4.69) is 23.2 Å². The molecule has 132 valence electrons. The summed E-state index contributed by atoms with van der Waals surface area (Å²) in [6, 6.07) is 19.4. The smallest absolute Gasteiger partial charge is 0.285 e. The number of fused-ring (bicyclic) bond motifs is 1. The molecule has 0 heterocycles. The molecular formula is C22H18F3N. The van der Waals surface area contributed by atoms with Crippen LogP contribution in [0.3, 0.4) is 0 Å². The first-order chi connectivity index (χ1) is 12.4. The predicted molar refractivity (Wildman–Crippen MR) is 101 cm³/mol. The van der Waals surface area contributed by atoms with Gasteiger partial charge in [0.25, 0.3) is 0 Å². The van der Waals surface area contributed by atoms with Gasteiger partial charge in [0.15, 0.2) is 0 Å². The molecule has 0 amide bonds. The number of halogens is 3. The third-order valence-electron chi connectivity index (χ3n) is 4.17. The van der Waals surface area contributed by atoms with Crippen LogP contribution in [0, 0.1) is 0 Å². The van der Waals surface area contributed by atoms with E-state index in [1.54, 1.807) is 24.4 Å². The normalized spacial score (nSPS) is 13.7. The monoisotopic (exact) mass is 353 g/mol. The van der Waals surface area contributed by atoms with Crippen LogP contribution in [0.4, 0.5) is 13.2 Å². The van der Waals surface area contributed by atoms with E-state index >= 15 is 0 Å². The predicted octanol–water partition coefficient (Wildman–Crippen LogP) is 6.70. The van der Waals surface area contributed by atoms with Gasteiger partial charge < -0.3 is 0 Å². The molecule has 0 saturated carbocycles. The maximum atomic E-state index is 12.7. The number of allylic oxidation sites excluding steroid dienone is 1. The van der Waals surface area contributed by atoms with E-state index in [4.69, 9.17) is 0 Å². The zero-order chi connectivity index (χ0) is 18.6. The zero-order valence-corrected chi connectivity index (χ0v) is 14.2. The first-order valence-corrected chi connectivity index (χ1v) is 8.30. The highest BCUT2D eigenvalue weighted by Crippen LogP contribution is 2.30. The Bertz CT molecular complexity index is 950. The maximum Gasteiger partial charge on any atom is 0.416 e. The van der Waals surface area contributed by atoms with Gasteiger partial charge in [-0.15, -0.1) is 0 Å². The summed E-state index contributed by atoms with van der Waals surface area (Å²) in [7, 11) is 0. The quantitative estimate of drug-likeness (QED) is 0.463. The van der Waals surface area contributed by atoms with E-state index in [9.17, 15) is 13.2 Å². The second-order valence-electron chi connectivity index (χ2n) is 6.02. The highest BCUT2D eigenvalue weighted by Gasteiger charge is 2.30. The van der Waals surface area contributed by atoms with E-state index in [0.717, 1.165) is 28.5 Å². The summed E-state index contributed by atoms with van der Waals surface area (Å²) < 4.78 is 38.2. The number of alkyl halides is 3. The Balaban J connectivity index is 1.75. The number of benzene rings is 3. The fourth-order valence-electron chi connectivity index (χ4n) is 2.85. The lowest BCUT2D eigenvalue weighted by atomic mass is 10.0. The van der Waals surface area contributed by atoms with Crippen LogP contribution >= 0.6 is 0 Å². The largest absolute Gasteiger partial charge is 0.416 e. The van der Waals surface area contributed by atoms with Crippen LogP contribution in [-0.4, -0.2) is 6.21 Å². The Labute approximate surface area is 150 Å².